The molecule has 4 aromatic rings. The number of phenolic OH excluding ortho intramolecular Hbond substituents is 1. The Hall–Kier alpha value is -3.10. The first-order valence-corrected chi connectivity index (χ1v) is 8.33. The molecule has 0 unspecified atom stereocenters. The van der Waals surface area contributed by atoms with E-state index in [2.05, 4.69) is 12.1 Å². The van der Waals surface area contributed by atoms with Gasteiger partial charge in [0.15, 0.2) is 0 Å². The molecule has 1 aliphatic carbocycles. The molecule has 1 aliphatic rings. The molecule has 0 atom stereocenters. The number of aromatic hydroxyl groups is 1. The molecule has 2 N–H and O–H groups in total. The quantitative estimate of drug-likeness (QED) is 0.527. The van der Waals surface area contributed by atoms with Crippen LogP contribution in [0, 0.1) is 0 Å². The minimum Gasteiger partial charge on any atom is -0.508 e. The van der Waals surface area contributed by atoms with Gasteiger partial charge in [-0.15, -0.1) is 0 Å². The average Bonchev–Trinajstić information content (AvgIpc) is 2.92. The van der Waals surface area contributed by atoms with Crippen molar-refractivity contribution in [1.82, 2.24) is 0 Å². The largest absolute Gasteiger partial charge is 0.508 e. The van der Waals surface area contributed by atoms with E-state index in [9.17, 15) is 10.2 Å². The van der Waals surface area contributed by atoms with Gasteiger partial charge >= 0.3 is 0 Å². The smallest absolute Gasteiger partial charge is 0.141 e. The van der Waals surface area contributed by atoms with E-state index in [-0.39, 0.29) is 5.75 Å². The fraction of sp³-hybridized carbons (Fsp3) is 0.0435. The molecule has 0 saturated carbocycles. The molecule has 0 fully saturated rings. The standard InChI is InChI=1S/C23H16O2/c24-18-12-10-15-13-17(11-9-16(15)14-18)23(25)21-7-3-1-5-19(21)20-6-2-4-8-22(20)23/h1-14,24-25H. The molecule has 5 rings (SSSR count). The van der Waals surface area contributed by atoms with Crippen LogP contribution in [-0.2, 0) is 5.60 Å². The molecule has 0 heterocycles. The van der Waals surface area contributed by atoms with E-state index in [1.54, 1.807) is 12.1 Å². The zero-order valence-corrected chi connectivity index (χ0v) is 13.5. The van der Waals surface area contributed by atoms with Crippen LogP contribution in [0.3, 0.4) is 0 Å². The highest BCUT2D eigenvalue weighted by atomic mass is 16.3. The summed E-state index contributed by atoms with van der Waals surface area (Å²) >= 11 is 0. The number of hydrogen-bond donors (Lipinski definition) is 2. The first kappa shape index (κ1) is 14.3. The van der Waals surface area contributed by atoms with E-state index in [1.807, 2.05) is 60.7 Å². The summed E-state index contributed by atoms with van der Waals surface area (Å²) in [6.45, 7) is 0. The first-order chi connectivity index (χ1) is 12.2. The number of benzene rings is 4. The van der Waals surface area contributed by atoms with Crippen molar-refractivity contribution in [2.75, 3.05) is 0 Å². The zero-order chi connectivity index (χ0) is 17.0. The lowest BCUT2D eigenvalue weighted by molar-refractivity contribution is 0.131. The van der Waals surface area contributed by atoms with E-state index < -0.39 is 5.60 Å². The van der Waals surface area contributed by atoms with Crippen LogP contribution in [0.15, 0.2) is 84.9 Å². The van der Waals surface area contributed by atoms with Crippen LogP contribution in [0.1, 0.15) is 16.7 Å². The Morgan fingerprint density at radius 1 is 0.600 bits per heavy atom. The Labute approximate surface area is 145 Å². The summed E-state index contributed by atoms with van der Waals surface area (Å²) in [4.78, 5) is 0. The molecule has 0 aliphatic heterocycles. The summed E-state index contributed by atoms with van der Waals surface area (Å²) in [7, 11) is 0. The molecule has 0 aromatic heterocycles. The lowest BCUT2D eigenvalue weighted by atomic mass is 9.83. The van der Waals surface area contributed by atoms with Gasteiger partial charge in [0, 0.05) is 11.1 Å². The van der Waals surface area contributed by atoms with Crippen molar-refractivity contribution in [3.63, 3.8) is 0 Å². The molecule has 4 aromatic carbocycles. The van der Waals surface area contributed by atoms with Crippen LogP contribution in [0.2, 0.25) is 0 Å². The molecule has 0 saturated heterocycles. The monoisotopic (exact) mass is 324 g/mol. The summed E-state index contributed by atoms with van der Waals surface area (Å²) < 4.78 is 0. The second-order valence-corrected chi connectivity index (χ2v) is 6.55. The molecule has 2 heteroatoms. The SMILES string of the molecule is Oc1ccc2cc(C3(O)c4ccccc4-c4ccccc43)ccc2c1. The van der Waals surface area contributed by atoms with Crippen molar-refractivity contribution in [2.24, 2.45) is 0 Å². The summed E-state index contributed by atoms with van der Waals surface area (Å²) in [6.07, 6.45) is 0. The normalized spacial score (nSPS) is 14.3. The predicted octanol–water partition coefficient (Wildman–Crippen LogP) is 4.81. The number of fused-ring (bicyclic) bond motifs is 4. The van der Waals surface area contributed by atoms with Gasteiger partial charge in [0.1, 0.15) is 11.4 Å². The maximum atomic E-state index is 11.8. The number of aliphatic hydroxyl groups is 1. The molecule has 0 radical (unpaired) electrons. The second kappa shape index (κ2) is 4.95. The van der Waals surface area contributed by atoms with Crippen molar-refractivity contribution in [3.8, 4) is 16.9 Å². The fourth-order valence-electron chi connectivity index (χ4n) is 3.98. The maximum Gasteiger partial charge on any atom is 0.141 e. The Kier molecular flexibility index (Phi) is 2.82. The number of phenols is 1. The summed E-state index contributed by atoms with van der Waals surface area (Å²) in [5.41, 5.74) is 3.64. The van der Waals surface area contributed by atoms with E-state index in [0.29, 0.717) is 0 Å². The van der Waals surface area contributed by atoms with Gasteiger partial charge in [0.25, 0.3) is 0 Å². The summed E-state index contributed by atoms with van der Waals surface area (Å²) in [6, 6.07) is 27.2. The van der Waals surface area contributed by atoms with Crippen LogP contribution in [0.5, 0.6) is 5.75 Å². The highest BCUT2D eigenvalue weighted by Crippen LogP contribution is 2.50. The van der Waals surface area contributed by atoms with Crippen molar-refractivity contribution < 1.29 is 10.2 Å². The highest BCUT2D eigenvalue weighted by molar-refractivity contribution is 5.87. The lowest BCUT2D eigenvalue weighted by Gasteiger charge is -2.27. The van der Waals surface area contributed by atoms with Crippen LogP contribution >= 0.6 is 0 Å². The van der Waals surface area contributed by atoms with Crippen LogP contribution in [0.4, 0.5) is 0 Å². The van der Waals surface area contributed by atoms with Crippen molar-refractivity contribution in [3.05, 3.63) is 102 Å². The second-order valence-electron chi connectivity index (χ2n) is 6.55. The summed E-state index contributed by atoms with van der Waals surface area (Å²) in [5, 5.41) is 23.4. The zero-order valence-electron chi connectivity index (χ0n) is 13.5. The van der Waals surface area contributed by atoms with E-state index in [1.165, 1.54) is 0 Å². The molecule has 0 amide bonds. The third-order valence-electron chi connectivity index (χ3n) is 5.17. The Balaban J connectivity index is 1.82. The fourth-order valence-corrected chi connectivity index (χ4v) is 3.98. The molecule has 0 spiro atoms. The van der Waals surface area contributed by atoms with E-state index >= 15 is 0 Å². The molecule has 25 heavy (non-hydrogen) atoms. The van der Waals surface area contributed by atoms with Crippen LogP contribution in [-0.4, -0.2) is 10.2 Å². The van der Waals surface area contributed by atoms with Gasteiger partial charge in [-0.1, -0.05) is 66.7 Å². The third kappa shape index (κ3) is 1.89. The molecule has 2 nitrogen and oxygen atoms in total. The van der Waals surface area contributed by atoms with Gasteiger partial charge < -0.3 is 10.2 Å². The van der Waals surface area contributed by atoms with Crippen molar-refractivity contribution in [2.45, 2.75) is 5.60 Å². The Morgan fingerprint density at radius 2 is 1.16 bits per heavy atom. The van der Waals surface area contributed by atoms with Gasteiger partial charge in [0.2, 0.25) is 0 Å². The molecular formula is C23H16O2. The van der Waals surface area contributed by atoms with Crippen LogP contribution in [0.25, 0.3) is 21.9 Å². The minimum atomic E-state index is -1.17. The first-order valence-electron chi connectivity index (χ1n) is 8.33. The Bertz CT molecular complexity index is 1080. The van der Waals surface area contributed by atoms with E-state index in [4.69, 9.17) is 0 Å². The number of hydrogen-bond acceptors (Lipinski definition) is 2. The minimum absolute atomic E-state index is 0.246. The highest BCUT2D eigenvalue weighted by Gasteiger charge is 2.42. The number of rotatable bonds is 1. The van der Waals surface area contributed by atoms with Crippen LogP contribution < -0.4 is 0 Å². The predicted molar refractivity (Wildman–Crippen MR) is 99.6 cm³/mol. The van der Waals surface area contributed by atoms with Gasteiger partial charge in [-0.3, -0.25) is 0 Å². The third-order valence-corrected chi connectivity index (χ3v) is 5.17. The van der Waals surface area contributed by atoms with Crippen molar-refractivity contribution >= 4 is 10.8 Å². The van der Waals surface area contributed by atoms with Gasteiger partial charge in [-0.2, -0.15) is 0 Å². The van der Waals surface area contributed by atoms with Gasteiger partial charge in [-0.25, -0.2) is 0 Å². The molecule has 120 valence electrons. The van der Waals surface area contributed by atoms with E-state index in [0.717, 1.165) is 38.6 Å². The molecular weight excluding hydrogens is 308 g/mol. The van der Waals surface area contributed by atoms with Crippen molar-refractivity contribution in [1.29, 1.82) is 0 Å². The van der Waals surface area contributed by atoms with Gasteiger partial charge in [-0.05, 0) is 45.7 Å². The molecule has 0 bridgehead atoms. The summed E-state index contributed by atoms with van der Waals surface area (Å²) in [5.74, 6) is 0.246. The lowest BCUT2D eigenvalue weighted by Crippen LogP contribution is -2.26. The Morgan fingerprint density at radius 3 is 1.84 bits per heavy atom. The average molecular weight is 324 g/mol. The maximum absolute atomic E-state index is 11.8. The topological polar surface area (TPSA) is 40.5 Å². The van der Waals surface area contributed by atoms with Gasteiger partial charge in [0.05, 0.1) is 0 Å².